The largest absolute Gasteiger partial charge is 0.462 e. The molecular formula is C25H52NO5P. The molecule has 0 aromatic rings. The van der Waals surface area contributed by atoms with Gasteiger partial charge in [0, 0.05) is 6.54 Å². The van der Waals surface area contributed by atoms with Gasteiger partial charge in [0.2, 0.25) is 0 Å². The van der Waals surface area contributed by atoms with Crippen LogP contribution in [0.2, 0.25) is 0 Å². The molecule has 0 amide bonds. The number of carbonyl (C=O) groups is 1. The number of rotatable bonds is 26. The van der Waals surface area contributed by atoms with Crippen LogP contribution in [0.1, 0.15) is 117 Å². The van der Waals surface area contributed by atoms with Crippen LogP contribution in [0, 0.1) is 5.92 Å². The van der Waals surface area contributed by atoms with E-state index in [0.29, 0.717) is 25.5 Å². The van der Waals surface area contributed by atoms with Crippen molar-refractivity contribution >= 4 is 15.1 Å². The summed E-state index contributed by atoms with van der Waals surface area (Å²) < 4.78 is 15.6. The number of hydrogen-bond acceptors (Lipinski definition) is 6. The zero-order valence-electron chi connectivity index (χ0n) is 21.2. The summed E-state index contributed by atoms with van der Waals surface area (Å²) in [4.78, 5) is 20.5. The van der Waals surface area contributed by atoms with Gasteiger partial charge in [-0.05, 0) is 25.8 Å². The Bertz CT molecular complexity index is 389. The third-order valence-corrected chi connectivity index (χ3v) is 6.73. The van der Waals surface area contributed by atoms with Gasteiger partial charge in [-0.3, -0.25) is 4.79 Å². The van der Waals surface area contributed by atoms with Crippen molar-refractivity contribution in [2.75, 3.05) is 26.8 Å². The molecule has 0 bridgehead atoms. The van der Waals surface area contributed by atoms with E-state index in [2.05, 4.69) is 19.2 Å². The summed E-state index contributed by atoms with van der Waals surface area (Å²) in [5, 5.41) is 2.93. The predicted octanol–water partition coefficient (Wildman–Crippen LogP) is 6.90. The topological polar surface area (TPSA) is 77.0 Å². The molecule has 2 N–H and O–H groups in total. The fraction of sp³-hybridized carbons (Fsp3) is 0.960. The fourth-order valence-corrected chi connectivity index (χ4v) is 4.42. The number of unbranched alkanes of at least 4 members (excludes halogenated alkanes) is 12. The normalized spacial score (nSPS) is 14.2. The van der Waals surface area contributed by atoms with Gasteiger partial charge in [0.05, 0.1) is 13.2 Å². The van der Waals surface area contributed by atoms with E-state index >= 15 is 0 Å². The molecule has 0 saturated carbocycles. The minimum atomic E-state index is -1.92. The highest BCUT2D eigenvalue weighted by molar-refractivity contribution is 7.40. The van der Waals surface area contributed by atoms with Crippen LogP contribution < -0.4 is 5.32 Å². The molecule has 0 spiro atoms. The van der Waals surface area contributed by atoms with Gasteiger partial charge in [-0.25, -0.2) is 0 Å². The van der Waals surface area contributed by atoms with E-state index in [1.165, 1.54) is 89.9 Å². The SMILES string of the molecule is CCCCCCCCCCCCCCCC(C)CCC(COP(O)OCCNC)OC=O. The third-order valence-electron chi connectivity index (χ3n) is 5.95. The summed E-state index contributed by atoms with van der Waals surface area (Å²) in [5.41, 5.74) is 0. The lowest BCUT2D eigenvalue weighted by molar-refractivity contribution is -0.135. The van der Waals surface area contributed by atoms with Gasteiger partial charge in [0.25, 0.3) is 6.47 Å². The molecule has 3 unspecified atom stereocenters. The highest BCUT2D eigenvalue weighted by Gasteiger charge is 2.16. The van der Waals surface area contributed by atoms with E-state index in [1.807, 2.05) is 7.05 Å². The van der Waals surface area contributed by atoms with Crippen molar-refractivity contribution in [3.05, 3.63) is 0 Å². The van der Waals surface area contributed by atoms with Crippen molar-refractivity contribution in [1.82, 2.24) is 5.32 Å². The van der Waals surface area contributed by atoms with Crippen LogP contribution in [0.25, 0.3) is 0 Å². The molecule has 6 nitrogen and oxygen atoms in total. The van der Waals surface area contributed by atoms with E-state index in [9.17, 15) is 9.69 Å². The Morgan fingerprint density at radius 1 is 0.844 bits per heavy atom. The maximum Gasteiger partial charge on any atom is 0.330 e. The van der Waals surface area contributed by atoms with Crippen molar-refractivity contribution in [3.63, 3.8) is 0 Å². The number of nitrogens with one attached hydrogen (secondary N) is 1. The van der Waals surface area contributed by atoms with Crippen LogP contribution in [-0.4, -0.2) is 44.3 Å². The minimum Gasteiger partial charge on any atom is -0.462 e. The summed E-state index contributed by atoms with van der Waals surface area (Å²) in [5.74, 6) is 0.600. The maximum absolute atomic E-state index is 10.7. The van der Waals surface area contributed by atoms with E-state index in [-0.39, 0.29) is 12.7 Å². The first-order chi connectivity index (χ1) is 15.6. The number of hydrogen-bond donors (Lipinski definition) is 2. The summed E-state index contributed by atoms with van der Waals surface area (Å²) in [7, 11) is -0.105. The first kappa shape index (κ1) is 31.7. The molecule has 0 aliphatic carbocycles. The quantitative estimate of drug-likeness (QED) is 0.0802. The molecule has 0 aliphatic rings. The molecule has 0 aromatic carbocycles. The number of likely N-dealkylation sites (N-methyl/N-ethyl adjacent to an activating group) is 1. The van der Waals surface area contributed by atoms with Crippen LogP contribution in [0.15, 0.2) is 0 Å². The van der Waals surface area contributed by atoms with Crippen LogP contribution >= 0.6 is 8.60 Å². The van der Waals surface area contributed by atoms with Crippen LogP contribution in [-0.2, 0) is 18.6 Å². The Morgan fingerprint density at radius 2 is 1.41 bits per heavy atom. The summed E-state index contributed by atoms with van der Waals surface area (Å²) in [6, 6.07) is 0. The van der Waals surface area contributed by atoms with Crippen molar-refractivity contribution in [2.24, 2.45) is 5.92 Å². The molecule has 7 heteroatoms. The second-order valence-electron chi connectivity index (χ2n) is 9.04. The maximum atomic E-state index is 10.7. The molecule has 192 valence electrons. The first-order valence-corrected chi connectivity index (χ1v) is 14.3. The highest BCUT2D eigenvalue weighted by Crippen LogP contribution is 2.33. The smallest absolute Gasteiger partial charge is 0.330 e. The zero-order valence-corrected chi connectivity index (χ0v) is 22.1. The van der Waals surface area contributed by atoms with Crippen molar-refractivity contribution in [2.45, 2.75) is 123 Å². The van der Waals surface area contributed by atoms with E-state index in [4.69, 9.17) is 13.8 Å². The van der Waals surface area contributed by atoms with E-state index < -0.39 is 8.60 Å². The molecule has 0 fully saturated rings. The number of ether oxygens (including phenoxy) is 1. The van der Waals surface area contributed by atoms with Crippen molar-refractivity contribution < 1.29 is 23.5 Å². The summed E-state index contributed by atoms with van der Waals surface area (Å²) in [6.07, 6.45) is 20.6. The summed E-state index contributed by atoms with van der Waals surface area (Å²) in [6.45, 7) is 6.20. The van der Waals surface area contributed by atoms with Crippen LogP contribution in [0.3, 0.4) is 0 Å². The van der Waals surface area contributed by atoms with Gasteiger partial charge in [-0.1, -0.05) is 104 Å². The highest BCUT2D eigenvalue weighted by atomic mass is 31.2. The Balaban J connectivity index is 3.60. The van der Waals surface area contributed by atoms with Crippen LogP contribution in [0.4, 0.5) is 0 Å². The molecule has 0 rings (SSSR count). The number of carbonyl (C=O) groups excluding carboxylic acids is 1. The van der Waals surface area contributed by atoms with E-state index in [0.717, 1.165) is 12.8 Å². The Labute approximate surface area is 199 Å². The average molecular weight is 478 g/mol. The Morgan fingerprint density at radius 3 is 1.94 bits per heavy atom. The minimum absolute atomic E-state index is 0.173. The lowest BCUT2D eigenvalue weighted by Crippen LogP contribution is -2.20. The van der Waals surface area contributed by atoms with Gasteiger partial charge < -0.3 is 24.0 Å². The van der Waals surface area contributed by atoms with Gasteiger partial charge in [-0.15, -0.1) is 0 Å². The third kappa shape index (κ3) is 22.9. The average Bonchev–Trinajstić information content (AvgIpc) is 2.79. The van der Waals surface area contributed by atoms with Gasteiger partial charge in [0.1, 0.15) is 6.10 Å². The second-order valence-corrected chi connectivity index (χ2v) is 10.0. The molecule has 32 heavy (non-hydrogen) atoms. The molecule has 0 aliphatic heterocycles. The van der Waals surface area contributed by atoms with Gasteiger partial charge >= 0.3 is 8.60 Å². The molecule has 0 aromatic heterocycles. The van der Waals surface area contributed by atoms with Gasteiger partial charge in [0.15, 0.2) is 0 Å². The molecule has 0 heterocycles. The van der Waals surface area contributed by atoms with Crippen molar-refractivity contribution in [1.29, 1.82) is 0 Å². The molecule has 3 atom stereocenters. The lowest BCUT2D eigenvalue weighted by Gasteiger charge is -2.19. The summed E-state index contributed by atoms with van der Waals surface area (Å²) >= 11 is 0. The molecular weight excluding hydrogens is 425 g/mol. The fourth-order valence-electron chi connectivity index (χ4n) is 3.80. The zero-order chi connectivity index (χ0) is 23.7. The molecule has 0 saturated heterocycles. The first-order valence-electron chi connectivity index (χ1n) is 13.1. The monoisotopic (exact) mass is 477 g/mol. The van der Waals surface area contributed by atoms with Crippen molar-refractivity contribution in [3.8, 4) is 0 Å². The Kier molecular flexibility index (Phi) is 25.2. The molecule has 0 radical (unpaired) electrons. The second kappa shape index (κ2) is 25.4. The Hall–Kier alpha value is -0.260. The lowest BCUT2D eigenvalue weighted by atomic mass is 9.96. The van der Waals surface area contributed by atoms with Gasteiger partial charge in [-0.2, -0.15) is 0 Å². The standard InChI is InChI=1S/C25H52NO5P/c1-4-5-6-7-8-9-10-11-12-13-14-15-16-17-24(2)18-19-25(29-23-27)22-31-32(28)30-21-20-26-3/h23-26,28H,4-22H2,1-3H3. The predicted molar refractivity (Wildman–Crippen MR) is 135 cm³/mol. The van der Waals surface area contributed by atoms with E-state index in [1.54, 1.807) is 0 Å². The van der Waals surface area contributed by atoms with Crippen LogP contribution in [0.5, 0.6) is 0 Å².